The second-order valence-electron chi connectivity index (χ2n) is 7.89. The Morgan fingerprint density at radius 2 is 1.91 bits per heavy atom. The van der Waals surface area contributed by atoms with Gasteiger partial charge in [0.2, 0.25) is 5.91 Å². The number of nitrogens with zero attached hydrogens (tertiary/aromatic N) is 2. The molecule has 0 spiro atoms. The monoisotopic (exact) mass is 440 g/mol. The van der Waals surface area contributed by atoms with Crippen molar-refractivity contribution in [2.24, 2.45) is 5.92 Å². The van der Waals surface area contributed by atoms with Gasteiger partial charge in [0.25, 0.3) is 5.91 Å². The van der Waals surface area contributed by atoms with Crippen LogP contribution in [0.25, 0.3) is 6.08 Å². The molecule has 0 saturated carbocycles. The Morgan fingerprint density at radius 1 is 1.19 bits per heavy atom. The van der Waals surface area contributed by atoms with E-state index in [-0.39, 0.29) is 11.8 Å². The maximum Gasteiger partial charge on any atom is 0.261 e. The van der Waals surface area contributed by atoms with Gasteiger partial charge in [-0.3, -0.25) is 9.59 Å². The van der Waals surface area contributed by atoms with E-state index in [1.165, 1.54) is 6.08 Å². The number of imidazole rings is 1. The van der Waals surface area contributed by atoms with E-state index in [0.717, 1.165) is 50.9 Å². The molecule has 0 aliphatic carbocycles. The van der Waals surface area contributed by atoms with E-state index in [2.05, 4.69) is 15.3 Å². The highest BCUT2D eigenvalue weighted by molar-refractivity contribution is 5.99. The molecule has 1 saturated heterocycles. The number of hydrogen-bond acceptors (Lipinski definition) is 5. The van der Waals surface area contributed by atoms with Crippen molar-refractivity contribution in [3.63, 3.8) is 0 Å². The Hall–Kier alpha value is -3.29. The summed E-state index contributed by atoms with van der Waals surface area (Å²) < 4.78 is 10.8. The van der Waals surface area contributed by atoms with Crippen LogP contribution in [0.1, 0.15) is 48.2 Å². The molecule has 2 amide bonds. The predicted molar refractivity (Wildman–Crippen MR) is 123 cm³/mol. The van der Waals surface area contributed by atoms with E-state index in [1.807, 2.05) is 11.0 Å². The van der Waals surface area contributed by atoms with Crippen molar-refractivity contribution in [2.75, 3.05) is 33.9 Å². The zero-order valence-electron chi connectivity index (χ0n) is 18.8. The molecule has 8 heteroatoms. The molecule has 0 unspecified atom stereocenters. The quantitative estimate of drug-likeness (QED) is 0.437. The highest BCUT2D eigenvalue weighted by atomic mass is 16.5. The van der Waals surface area contributed by atoms with Crippen LogP contribution in [0.5, 0.6) is 11.5 Å². The lowest BCUT2D eigenvalue weighted by Crippen LogP contribution is -2.38. The first-order chi connectivity index (χ1) is 15.6. The summed E-state index contributed by atoms with van der Waals surface area (Å²) in [6.45, 7) is 2.13. The molecule has 3 rings (SSSR count). The second kappa shape index (κ2) is 11.9. The van der Waals surface area contributed by atoms with Crippen LogP contribution >= 0.6 is 0 Å². The van der Waals surface area contributed by atoms with Gasteiger partial charge in [0, 0.05) is 31.9 Å². The summed E-state index contributed by atoms with van der Waals surface area (Å²) in [7, 11) is 3.13. The molecular formula is C24H32N4O4. The highest BCUT2D eigenvalue weighted by Crippen LogP contribution is 2.31. The van der Waals surface area contributed by atoms with E-state index < -0.39 is 0 Å². The van der Waals surface area contributed by atoms with Gasteiger partial charge in [0.15, 0.2) is 0 Å². The van der Waals surface area contributed by atoms with Crippen LogP contribution in [-0.2, 0) is 4.79 Å². The number of ether oxygens (including phenoxy) is 2. The minimum atomic E-state index is -0.105. The maximum absolute atomic E-state index is 13.1. The zero-order chi connectivity index (χ0) is 22.8. The highest BCUT2D eigenvalue weighted by Gasteiger charge is 2.27. The zero-order valence-corrected chi connectivity index (χ0v) is 18.8. The second-order valence-corrected chi connectivity index (χ2v) is 7.89. The summed E-state index contributed by atoms with van der Waals surface area (Å²) in [5.74, 6) is 1.54. The molecule has 2 aromatic rings. The van der Waals surface area contributed by atoms with Crippen LogP contribution in [0, 0.1) is 5.92 Å². The number of H-pyrrole nitrogens is 1. The SMILES string of the molecule is COc1cccc(OC)c1C(=O)N1CCC(CCCCNC(=O)/C=C/c2c[nH]cn2)CC1. The number of rotatable bonds is 10. The summed E-state index contributed by atoms with van der Waals surface area (Å²) in [5, 5.41) is 2.90. The molecule has 1 aliphatic heterocycles. The first-order valence-electron chi connectivity index (χ1n) is 11.1. The standard InChI is InChI=1S/C24H32N4O4/c1-31-20-7-5-8-21(32-2)23(20)24(30)28-14-11-18(12-15-28)6-3-4-13-26-22(29)10-9-19-16-25-17-27-19/h5,7-10,16-18H,3-4,6,11-15H2,1-2H3,(H,25,27)(H,26,29)/b10-9+. The average Bonchev–Trinajstić information content (AvgIpc) is 3.35. The van der Waals surface area contributed by atoms with E-state index in [0.29, 0.717) is 29.5 Å². The third-order valence-electron chi connectivity index (χ3n) is 5.81. The lowest BCUT2D eigenvalue weighted by atomic mass is 9.91. The molecule has 8 nitrogen and oxygen atoms in total. The van der Waals surface area contributed by atoms with Gasteiger partial charge in [0.05, 0.1) is 26.2 Å². The van der Waals surface area contributed by atoms with Crippen molar-refractivity contribution in [2.45, 2.75) is 32.1 Å². The molecule has 1 fully saturated rings. The largest absolute Gasteiger partial charge is 0.496 e. The lowest BCUT2D eigenvalue weighted by Gasteiger charge is -2.32. The number of amides is 2. The van der Waals surface area contributed by atoms with Gasteiger partial charge in [-0.2, -0.15) is 0 Å². The number of methoxy groups -OCH3 is 2. The van der Waals surface area contributed by atoms with Crippen molar-refractivity contribution < 1.29 is 19.1 Å². The molecule has 2 N–H and O–H groups in total. The summed E-state index contributed by atoms with van der Waals surface area (Å²) in [6, 6.07) is 5.39. The van der Waals surface area contributed by atoms with Gasteiger partial charge >= 0.3 is 0 Å². The fourth-order valence-corrected chi connectivity index (χ4v) is 4.00. The lowest BCUT2D eigenvalue weighted by molar-refractivity contribution is -0.116. The van der Waals surface area contributed by atoms with Crippen molar-refractivity contribution in [1.82, 2.24) is 20.2 Å². The average molecular weight is 441 g/mol. The molecule has 1 aliphatic rings. The van der Waals surface area contributed by atoms with Gasteiger partial charge in [-0.05, 0) is 43.4 Å². The van der Waals surface area contributed by atoms with E-state index in [1.54, 1.807) is 45.0 Å². The Morgan fingerprint density at radius 3 is 2.53 bits per heavy atom. The summed E-state index contributed by atoms with van der Waals surface area (Å²) >= 11 is 0. The van der Waals surface area contributed by atoms with E-state index >= 15 is 0 Å². The molecule has 1 aromatic carbocycles. The first-order valence-corrected chi connectivity index (χ1v) is 11.1. The normalized spacial score (nSPS) is 14.5. The van der Waals surface area contributed by atoms with Crippen LogP contribution in [0.4, 0.5) is 0 Å². The number of aromatic nitrogens is 2. The number of likely N-dealkylation sites (tertiary alicyclic amines) is 1. The molecule has 1 aromatic heterocycles. The number of unbranched alkanes of at least 4 members (excludes halogenated alkanes) is 1. The Kier molecular flexibility index (Phi) is 8.71. The van der Waals surface area contributed by atoms with Gasteiger partial charge in [-0.15, -0.1) is 0 Å². The van der Waals surface area contributed by atoms with Crippen molar-refractivity contribution in [3.05, 3.63) is 48.1 Å². The predicted octanol–water partition coefficient (Wildman–Crippen LogP) is 3.28. The first kappa shape index (κ1) is 23.4. The van der Waals surface area contributed by atoms with Crippen LogP contribution < -0.4 is 14.8 Å². The smallest absolute Gasteiger partial charge is 0.261 e. The maximum atomic E-state index is 13.1. The Bertz CT molecular complexity index is 880. The van der Waals surface area contributed by atoms with E-state index in [9.17, 15) is 9.59 Å². The van der Waals surface area contributed by atoms with Crippen molar-refractivity contribution >= 4 is 17.9 Å². The van der Waals surface area contributed by atoms with Gasteiger partial charge in [-0.25, -0.2) is 4.98 Å². The fourth-order valence-electron chi connectivity index (χ4n) is 4.00. The topological polar surface area (TPSA) is 96.5 Å². The Balaban J connectivity index is 1.36. The van der Waals surface area contributed by atoms with Gasteiger partial charge < -0.3 is 24.7 Å². The molecule has 0 radical (unpaired) electrons. The number of hydrogen-bond donors (Lipinski definition) is 2. The Labute approximate surface area is 189 Å². The summed E-state index contributed by atoms with van der Waals surface area (Å²) in [6.07, 6.45) is 11.6. The third kappa shape index (κ3) is 6.35. The number of aromatic amines is 1. The molecule has 0 bridgehead atoms. The fraction of sp³-hybridized carbons (Fsp3) is 0.458. The van der Waals surface area contributed by atoms with Crippen LogP contribution in [-0.4, -0.2) is 60.5 Å². The molecule has 2 heterocycles. The number of carbonyl (C=O) groups excluding carboxylic acids is 2. The molecule has 0 atom stereocenters. The van der Waals surface area contributed by atoms with Gasteiger partial charge in [-0.1, -0.05) is 18.9 Å². The minimum Gasteiger partial charge on any atom is -0.496 e. The number of nitrogens with one attached hydrogen (secondary N) is 2. The van der Waals surface area contributed by atoms with E-state index in [4.69, 9.17) is 9.47 Å². The van der Waals surface area contributed by atoms with Gasteiger partial charge in [0.1, 0.15) is 17.1 Å². The molecular weight excluding hydrogens is 408 g/mol. The van der Waals surface area contributed by atoms with Crippen molar-refractivity contribution in [3.8, 4) is 11.5 Å². The minimum absolute atomic E-state index is 0.0386. The number of carbonyl (C=O) groups is 2. The number of benzene rings is 1. The number of piperidine rings is 1. The van der Waals surface area contributed by atoms with Crippen LogP contribution in [0.15, 0.2) is 36.8 Å². The third-order valence-corrected chi connectivity index (χ3v) is 5.81. The molecule has 172 valence electrons. The van der Waals surface area contributed by atoms with Crippen LogP contribution in [0.3, 0.4) is 0 Å². The molecule has 32 heavy (non-hydrogen) atoms. The van der Waals surface area contributed by atoms with Crippen molar-refractivity contribution in [1.29, 1.82) is 0 Å². The summed E-state index contributed by atoms with van der Waals surface area (Å²) in [5.41, 5.74) is 1.22. The summed E-state index contributed by atoms with van der Waals surface area (Å²) in [4.78, 5) is 33.7. The van der Waals surface area contributed by atoms with Crippen LogP contribution in [0.2, 0.25) is 0 Å².